The highest BCUT2D eigenvalue weighted by Gasteiger charge is 2.15. The molecular formula is C22H34IN5O. The summed E-state index contributed by atoms with van der Waals surface area (Å²) in [5.41, 5.74) is 3.26. The molecule has 0 bridgehead atoms. The minimum absolute atomic E-state index is 0. The molecule has 1 fully saturated rings. The number of para-hydroxylation sites is 1. The SMILES string of the molecule is CCNC(=NCc1ccccc1-n1ccc(C)n1)N(C)CCC1CCOCC1.I. The van der Waals surface area contributed by atoms with Crippen molar-refractivity contribution >= 4 is 29.9 Å². The van der Waals surface area contributed by atoms with E-state index in [1.807, 2.05) is 29.9 Å². The van der Waals surface area contributed by atoms with Gasteiger partial charge in [0.15, 0.2) is 5.96 Å². The van der Waals surface area contributed by atoms with Crippen molar-refractivity contribution in [2.75, 3.05) is 33.4 Å². The summed E-state index contributed by atoms with van der Waals surface area (Å²) in [5.74, 6) is 1.73. The highest BCUT2D eigenvalue weighted by atomic mass is 127. The minimum atomic E-state index is 0. The molecule has 29 heavy (non-hydrogen) atoms. The molecule has 0 radical (unpaired) electrons. The molecule has 0 aliphatic carbocycles. The fourth-order valence-corrected chi connectivity index (χ4v) is 3.56. The molecular weight excluding hydrogens is 477 g/mol. The summed E-state index contributed by atoms with van der Waals surface area (Å²) < 4.78 is 7.40. The van der Waals surface area contributed by atoms with Crippen molar-refractivity contribution in [2.24, 2.45) is 10.9 Å². The molecule has 0 spiro atoms. The summed E-state index contributed by atoms with van der Waals surface area (Å²) >= 11 is 0. The average Bonchev–Trinajstić information content (AvgIpc) is 3.16. The maximum absolute atomic E-state index is 5.47. The van der Waals surface area contributed by atoms with E-state index in [1.165, 1.54) is 24.8 Å². The number of hydrogen-bond acceptors (Lipinski definition) is 3. The summed E-state index contributed by atoms with van der Waals surface area (Å²) in [6.45, 7) is 8.44. The maximum atomic E-state index is 5.47. The highest BCUT2D eigenvalue weighted by molar-refractivity contribution is 14.0. The van der Waals surface area contributed by atoms with E-state index in [4.69, 9.17) is 9.73 Å². The van der Waals surface area contributed by atoms with Crippen molar-refractivity contribution in [3.05, 3.63) is 47.8 Å². The van der Waals surface area contributed by atoms with Crippen molar-refractivity contribution in [1.29, 1.82) is 0 Å². The molecule has 1 saturated heterocycles. The number of benzene rings is 1. The number of nitrogens with zero attached hydrogens (tertiary/aromatic N) is 4. The molecule has 0 amide bonds. The Morgan fingerprint density at radius 3 is 2.72 bits per heavy atom. The molecule has 3 rings (SSSR count). The number of aryl methyl sites for hydroxylation is 1. The Balaban J connectivity index is 0.00000300. The average molecular weight is 511 g/mol. The summed E-state index contributed by atoms with van der Waals surface area (Å²) in [6, 6.07) is 10.4. The first kappa shape index (κ1) is 23.7. The molecule has 0 unspecified atom stereocenters. The molecule has 160 valence electrons. The van der Waals surface area contributed by atoms with E-state index in [0.717, 1.165) is 49.6 Å². The summed E-state index contributed by atoms with van der Waals surface area (Å²) in [5, 5.41) is 7.99. The second-order valence-electron chi connectivity index (χ2n) is 7.47. The zero-order valence-electron chi connectivity index (χ0n) is 17.8. The van der Waals surface area contributed by atoms with Gasteiger partial charge in [0.2, 0.25) is 0 Å². The highest BCUT2D eigenvalue weighted by Crippen LogP contribution is 2.19. The standard InChI is InChI=1S/C22H33N5O.HI/c1-4-23-22(26(3)13-10-19-11-15-28-16-12-19)24-17-20-7-5-6-8-21(20)27-14-9-18(2)25-27;/h5-9,14,19H,4,10-13,15-17H2,1-3H3,(H,23,24);1H. The van der Waals surface area contributed by atoms with Gasteiger partial charge in [0.25, 0.3) is 0 Å². The Morgan fingerprint density at radius 1 is 1.28 bits per heavy atom. The summed E-state index contributed by atoms with van der Waals surface area (Å²) in [4.78, 5) is 7.16. The van der Waals surface area contributed by atoms with E-state index in [9.17, 15) is 0 Å². The third-order valence-electron chi connectivity index (χ3n) is 5.27. The Kier molecular flexibility index (Phi) is 9.93. The van der Waals surface area contributed by atoms with Gasteiger partial charge in [-0.25, -0.2) is 9.67 Å². The van der Waals surface area contributed by atoms with Crippen molar-refractivity contribution < 1.29 is 4.74 Å². The van der Waals surface area contributed by atoms with E-state index in [2.05, 4.69) is 47.5 Å². The lowest BCUT2D eigenvalue weighted by Crippen LogP contribution is -2.40. The Morgan fingerprint density at radius 2 is 2.03 bits per heavy atom. The Hall–Kier alpha value is -1.61. The Bertz CT molecular complexity index is 770. The number of aliphatic imine (C=N–C) groups is 1. The Labute approximate surface area is 191 Å². The van der Waals surface area contributed by atoms with E-state index in [-0.39, 0.29) is 24.0 Å². The van der Waals surface area contributed by atoms with Crippen molar-refractivity contribution in [3.63, 3.8) is 0 Å². The van der Waals surface area contributed by atoms with Gasteiger partial charge in [0.05, 0.1) is 17.9 Å². The van der Waals surface area contributed by atoms with Gasteiger partial charge in [0, 0.05) is 39.5 Å². The van der Waals surface area contributed by atoms with Crippen LogP contribution in [-0.4, -0.2) is 54.0 Å². The smallest absolute Gasteiger partial charge is 0.193 e. The molecule has 0 atom stereocenters. The molecule has 2 aromatic rings. The number of hydrogen-bond donors (Lipinski definition) is 1. The summed E-state index contributed by atoms with van der Waals surface area (Å²) in [7, 11) is 2.13. The van der Waals surface area contributed by atoms with Crippen LogP contribution >= 0.6 is 24.0 Å². The lowest BCUT2D eigenvalue weighted by atomic mass is 9.96. The number of ether oxygens (including phenoxy) is 1. The van der Waals surface area contributed by atoms with E-state index >= 15 is 0 Å². The topological polar surface area (TPSA) is 54.7 Å². The van der Waals surface area contributed by atoms with E-state index in [1.54, 1.807) is 0 Å². The molecule has 7 heteroatoms. The van der Waals surface area contributed by atoms with Crippen molar-refractivity contribution in [1.82, 2.24) is 20.0 Å². The molecule has 1 N–H and O–H groups in total. The second kappa shape index (κ2) is 12.2. The van der Waals surface area contributed by atoms with Gasteiger partial charge in [-0.2, -0.15) is 5.10 Å². The molecule has 1 aliphatic heterocycles. The van der Waals surface area contributed by atoms with Crippen LogP contribution in [0.2, 0.25) is 0 Å². The number of aromatic nitrogens is 2. The number of halogens is 1. The van der Waals surface area contributed by atoms with Crippen LogP contribution in [-0.2, 0) is 11.3 Å². The predicted molar refractivity (Wildman–Crippen MR) is 129 cm³/mol. The van der Waals surface area contributed by atoms with Crippen LogP contribution in [0.15, 0.2) is 41.5 Å². The van der Waals surface area contributed by atoms with Crippen LogP contribution in [0.25, 0.3) is 5.69 Å². The van der Waals surface area contributed by atoms with Crippen molar-refractivity contribution in [2.45, 2.75) is 39.7 Å². The van der Waals surface area contributed by atoms with E-state index in [0.29, 0.717) is 6.54 Å². The lowest BCUT2D eigenvalue weighted by Gasteiger charge is -2.27. The van der Waals surface area contributed by atoms with Gasteiger partial charge in [-0.3, -0.25) is 0 Å². The largest absolute Gasteiger partial charge is 0.381 e. The predicted octanol–water partition coefficient (Wildman–Crippen LogP) is 4.01. The first-order valence-corrected chi connectivity index (χ1v) is 10.3. The van der Waals surface area contributed by atoms with Crippen LogP contribution in [0, 0.1) is 12.8 Å². The minimum Gasteiger partial charge on any atom is -0.381 e. The normalized spacial score (nSPS) is 15.1. The lowest BCUT2D eigenvalue weighted by molar-refractivity contribution is 0.0625. The first-order valence-electron chi connectivity index (χ1n) is 10.3. The molecule has 1 aliphatic rings. The molecule has 1 aromatic carbocycles. The first-order chi connectivity index (χ1) is 13.7. The zero-order valence-corrected chi connectivity index (χ0v) is 20.1. The van der Waals surface area contributed by atoms with Gasteiger partial charge in [-0.1, -0.05) is 18.2 Å². The van der Waals surface area contributed by atoms with Gasteiger partial charge in [-0.15, -0.1) is 24.0 Å². The maximum Gasteiger partial charge on any atom is 0.193 e. The monoisotopic (exact) mass is 511 g/mol. The zero-order chi connectivity index (χ0) is 19.8. The van der Waals surface area contributed by atoms with E-state index < -0.39 is 0 Å². The fourth-order valence-electron chi connectivity index (χ4n) is 3.56. The van der Waals surface area contributed by atoms with Crippen LogP contribution in [0.1, 0.15) is 37.4 Å². The second-order valence-corrected chi connectivity index (χ2v) is 7.47. The third kappa shape index (κ3) is 6.99. The van der Waals surface area contributed by atoms with Crippen LogP contribution in [0.5, 0.6) is 0 Å². The van der Waals surface area contributed by atoms with Gasteiger partial charge in [-0.05, 0) is 56.7 Å². The number of nitrogens with one attached hydrogen (secondary N) is 1. The summed E-state index contributed by atoms with van der Waals surface area (Å²) in [6.07, 6.45) is 5.55. The molecule has 1 aromatic heterocycles. The van der Waals surface area contributed by atoms with Gasteiger partial charge >= 0.3 is 0 Å². The molecule has 2 heterocycles. The van der Waals surface area contributed by atoms with Crippen LogP contribution in [0.4, 0.5) is 0 Å². The third-order valence-corrected chi connectivity index (χ3v) is 5.27. The molecule has 6 nitrogen and oxygen atoms in total. The quantitative estimate of drug-likeness (QED) is 0.347. The van der Waals surface area contributed by atoms with Crippen LogP contribution in [0.3, 0.4) is 0 Å². The van der Waals surface area contributed by atoms with Crippen LogP contribution < -0.4 is 5.32 Å². The van der Waals surface area contributed by atoms with Gasteiger partial charge < -0.3 is 15.0 Å². The van der Waals surface area contributed by atoms with Crippen molar-refractivity contribution in [3.8, 4) is 5.69 Å². The molecule has 0 saturated carbocycles. The van der Waals surface area contributed by atoms with Gasteiger partial charge in [0.1, 0.15) is 0 Å². The number of guanidine groups is 1. The fraction of sp³-hybridized carbons (Fsp3) is 0.545. The number of rotatable bonds is 7.